The predicted octanol–water partition coefficient (Wildman–Crippen LogP) is 3.10. The molecule has 0 saturated carbocycles. The summed E-state index contributed by atoms with van der Waals surface area (Å²) in [6, 6.07) is 6.15. The molecule has 0 fully saturated rings. The van der Waals surface area contributed by atoms with E-state index in [1.54, 1.807) is 11.0 Å². The first-order valence-electron chi connectivity index (χ1n) is 6.04. The molecule has 0 radical (unpaired) electrons. The molecule has 1 heterocycles. The van der Waals surface area contributed by atoms with E-state index in [1.807, 2.05) is 18.2 Å². The molecule has 94 valence electrons. The number of benzene rings is 1. The van der Waals surface area contributed by atoms with Gasteiger partial charge in [-0.05, 0) is 30.0 Å². The second kappa shape index (κ2) is 5.54. The van der Waals surface area contributed by atoms with Gasteiger partial charge in [0.2, 0.25) is 0 Å². The number of hydrogen-bond donors (Lipinski definition) is 0. The lowest BCUT2D eigenvalue weighted by molar-refractivity contribution is 0.166. The van der Waals surface area contributed by atoms with Gasteiger partial charge in [0.1, 0.15) is 6.61 Å². The zero-order chi connectivity index (χ0) is 13.0. The highest BCUT2D eigenvalue weighted by molar-refractivity contribution is 5.90. The van der Waals surface area contributed by atoms with Gasteiger partial charge in [-0.2, -0.15) is 0 Å². The Morgan fingerprint density at radius 1 is 1.39 bits per heavy atom. The Bertz CT molecular complexity index is 479. The molecule has 0 saturated heterocycles. The van der Waals surface area contributed by atoms with E-state index in [0.717, 1.165) is 18.5 Å². The summed E-state index contributed by atoms with van der Waals surface area (Å²) in [6.45, 7) is 8.20. The summed E-state index contributed by atoms with van der Waals surface area (Å²) in [4.78, 5) is 13.5. The zero-order valence-corrected chi connectivity index (χ0v) is 10.4. The Labute approximate surface area is 107 Å². The van der Waals surface area contributed by atoms with Crippen LogP contribution in [0.2, 0.25) is 0 Å². The van der Waals surface area contributed by atoms with Gasteiger partial charge in [0.05, 0.1) is 5.69 Å². The Kier molecular flexibility index (Phi) is 3.82. The summed E-state index contributed by atoms with van der Waals surface area (Å²) >= 11 is 0. The molecule has 3 nitrogen and oxygen atoms in total. The summed E-state index contributed by atoms with van der Waals surface area (Å²) < 4.78 is 5.06. The highest BCUT2D eigenvalue weighted by Crippen LogP contribution is 2.29. The van der Waals surface area contributed by atoms with Crippen LogP contribution in [0.15, 0.2) is 43.5 Å². The molecular formula is C15H17NO2. The van der Waals surface area contributed by atoms with Crippen molar-refractivity contribution in [3.05, 3.63) is 54.6 Å². The van der Waals surface area contributed by atoms with Gasteiger partial charge in [0, 0.05) is 6.54 Å². The molecule has 2 rings (SSSR count). The average molecular weight is 243 g/mol. The van der Waals surface area contributed by atoms with Gasteiger partial charge in [0.15, 0.2) is 0 Å². The van der Waals surface area contributed by atoms with Crippen LogP contribution in [-0.2, 0) is 17.6 Å². The first-order chi connectivity index (χ1) is 8.76. The number of hydrogen-bond acceptors (Lipinski definition) is 2. The topological polar surface area (TPSA) is 29.5 Å². The third-order valence-corrected chi connectivity index (χ3v) is 2.96. The Balaban J connectivity index is 2.15. The molecule has 0 unspecified atom stereocenters. The molecular weight excluding hydrogens is 226 g/mol. The lowest BCUT2D eigenvalue weighted by Crippen LogP contribution is -2.29. The molecule has 1 amide bonds. The number of allylic oxidation sites excluding steroid dienone is 1. The number of carbonyl (C=O) groups is 1. The summed E-state index contributed by atoms with van der Waals surface area (Å²) in [5.74, 6) is 0. The summed E-state index contributed by atoms with van der Waals surface area (Å²) in [6.07, 6.45) is 4.89. The van der Waals surface area contributed by atoms with Crippen LogP contribution in [0.4, 0.5) is 10.5 Å². The van der Waals surface area contributed by atoms with Crippen molar-refractivity contribution in [3.8, 4) is 0 Å². The van der Waals surface area contributed by atoms with Crippen LogP contribution in [0.5, 0.6) is 0 Å². The summed E-state index contributed by atoms with van der Waals surface area (Å²) in [5.41, 5.74) is 3.38. The van der Waals surface area contributed by atoms with Crippen molar-refractivity contribution in [2.75, 3.05) is 18.1 Å². The number of anilines is 1. The van der Waals surface area contributed by atoms with Gasteiger partial charge in [-0.25, -0.2) is 4.79 Å². The average Bonchev–Trinajstić information content (AvgIpc) is 2.79. The Morgan fingerprint density at radius 3 is 2.94 bits per heavy atom. The number of ether oxygens (including phenoxy) is 1. The molecule has 0 bridgehead atoms. The molecule has 0 aliphatic carbocycles. The van der Waals surface area contributed by atoms with E-state index < -0.39 is 0 Å². The van der Waals surface area contributed by atoms with Gasteiger partial charge in [-0.1, -0.05) is 30.9 Å². The van der Waals surface area contributed by atoms with E-state index in [4.69, 9.17) is 4.74 Å². The van der Waals surface area contributed by atoms with Crippen molar-refractivity contribution in [2.24, 2.45) is 0 Å². The minimum atomic E-state index is -0.301. The highest BCUT2D eigenvalue weighted by atomic mass is 16.6. The lowest BCUT2D eigenvalue weighted by atomic mass is 10.1. The molecule has 3 heteroatoms. The molecule has 1 aliphatic heterocycles. The summed E-state index contributed by atoms with van der Waals surface area (Å²) in [5, 5.41) is 0. The molecule has 1 aromatic carbocycles. The Morgan fingerprint density at radius 2 is 2.22 bits per heavy atom. The molecule has 1 aromatic rings. The van der Waals surface area contributed by atoms with E-state index in [-0.39, 0.29) is 12.7 Å². The standard InChI is InChI=1S/C15H17NO2/c1-3-5-12-6-7-14-13(11-12)8-9-16(14)15(17)18-10-4-2/h3-4,6-7,11H,1-2,5,8-10H2. The molecule has 0 N–H and O–H groups in total. The van der Waals surface area contributed by atoms with E-state index in [2.05, 4.69) is 19.2 Å². The third-order valence-electron chi connectivity index (χ3n) is 2.96. The van der Waals surface area contributed by atoms with Crippen LogP contribution in [0, 0.1) is 0 Å². The Hall–Kier alpha value is -2.03. The van der Waals surface area contributed by atoms with Crippen LogP contribution in [0.25, 0.3) is 0 Å². The maximum Gasteiger partial charge on any atom is 0.414 e. The maximum absolute atomic E-state index is 11.8. The van der Waals surface area contributed by atoms with E-state index in [0.29, 0.717) is 6.54 Å². The van der Waals surface area contributed by atoms with E-state index in [9.17, 15) is 4.79 Å². The number of amides is 1. The van der Waals surface area contributed by atoms with E-state index in [1.165, 1.54) is 11.1 Å². The van der Waals surface area contributed by atoms with Gasteiger partial charge < -0.3 is 4.74 Å². The molecule has 18 heavy (non-hydrogen) atoms. The van der Waals surface area contributed by atoms with Crippen molar-refractivity contribution in [1.82, 2.24) is 0 Å². The van der Waals surface area contributed by atoms with Crippen molar-refractivity contribution in [1.29, 1.82) is 0 Å². The van der Waals surface area contributed by atoms with Gasteiger partial charge in [-0.3, -0.25) is 4.90 Å². The van der Waals surface area contributed by atoms with Crippen LogP contribution in [-0.4, -0.2) is 19.2 Å². The first kappa shape index (κ1) is 12.4. The van der Waals surface area contributed by atoms with Crippen molar-refractivity contribution < 1.29 is 9.53 Å². The second-order valence-corrected chi connectivity index (χ2v) is 4.22. The fourth-order valence-corrected chi connectivity index (χ4v) is 2.15. The molecule has 0 atom stereocenters. The normalized spacial score (nSPS) is 13.0. The monoisotopic (exact) mass is 243 g/mol. The highest BCUT2D eigenvalue weighted by Gasteiger charge is 2.25. The molecule has 1 aliphatic rings. The zero-order valence-electron chi connectivity index (χ0n) is 10.4. The predicted molar refractivity (Wildman–Crippen MR) is 72.9 cm³/mol. The number of nitrogens with zero attached hydrogens (tertiary/aromatic N) is 1. The van der Waals surface area contributed by atoms with Crippen molar-refractivity contribution in [2.45, 2.75) is 12.8 Å². The van der Waals surface area contributed by atoms with Gasteiger partial charge in [-0.15, -0.1) is 6.58 Å². The number of fused-ring (bicyclic) bond motifs is 1. The van der Waals surface area contributed by atoms with Gasteiger partial charge >= 0.3 is 6.09 Å². The number of rotatable bonds is 4. The van der Waals surface area contributed by atoms with Crippen LogP contribution < -0.4 is 4.90 Å². The molecule has 0 spiro atoms. The SMILES string of the molecule is C=CCOC(=O)N1CCc2cc(CC=C)ccc21. The van der Waals surface area contributed by atoms with Crippen LogP contribution in [0.3, 0.4) is 0 Å². The quantitative estimate of drug-likeness (QED) is 0.760. The third kappa shape index (κ3) is 2.45. The summed E-state index contributed by atoms with van der Waals surface area (Å²) in [7, 11) is 0. The smallest absolute Gasteiger partial charge is 0.414 e. The van der Waals surface area contributed by atoms with Crippen molar-refractivity contribution in [3.63, 3.8) is 0 Å². The van der Waals surface area contributed by atoms with E-state index >= 15 is 0 Å². The largest absolute Gasteiger partial charge is 0.445 e. The minimum Gasteiger partial charge on any atom is -0.445 e. The fraction of sp³-hybridized carbons (Fsp3) is 0.267. The lowest BCUT2D eigenvalue weighted by Gasteiger charge is -2.16. The van der Waals surface area contributed by atoms with Crippen molar-refractivity contribution >= 4 is 11.8 Å². The fourth-order valence-electron chi connectivity index (χ4n) is 2.15. The van der Waals surface area contributed by atoms with Crippen LogP contribution in [0.1, 0.15) is 11.1 Å². The molecule has 0 aromatic heterocycles. The first-order valence-corrected chi connectivity index (χ1v) is 6.04. The van der Waals surface area contributed by atoms with Crippen LogP contribution >= 0.6 is 0 Å². The maximum atomic E-state index is 11.8. The minimum absolute atomic E-state index is 0.249. The van der Waals surface area contributed by atoms with Gasteiger partial charge in [0.25, 0.3) is 0 Å². The number of carbonyl (C=O) groups excluding carboxylic acids is 1. The second-order valence-electron chi connectivity index (χ2n) is 4.22.